The molecule has 0 saturated carbocycles. The summed E-state index contributed by atoms with van der Waals surface area (Å²) in [5.41, 5.74) is 0. The van der Waals surface area contributed by atoms with Crippen LogP contribution >= 0.6 is 11.8 Å². The summed E-state index contributed by atoms with van der Waals surface area (Å²) in [6, 6.07) is 0. The highest BCUT2D eigenvalue weighted by molar-refractivity contribution is 8.04. The summed E-state index contributed by atoms with van der Waals surface area (Å²) in [5.74, 6) is 1.92. The van der Waals surface area contributed by atoms with Crippen LogP contribution in [0.15, 0.2) is 11.6 Å². The van der Waals surface area contributed by atoms with Crippen molar-refractivity contribution < 1.29 is 0 Å². The Hall–Kier alpha value is -0.110. The lowest BCUT2D eigenvalue weighted by Crippen LogP contribution is -1.86. The van der Waals surface area contributed by atoms with E-state index in [1.807, 2.05) is 17.5 Å². The Labute approximate surface area is 35.4 Å². The van der Waals surface area contributed by atoms with Gasteiger partial charge in [0.05, 0.1) is 0 Å². The van der Waals surface area contributed by atoms with Gasteiger partial charge in [0, 0.05) is 6.20 Å². The van der Waals surface area contributed by atoms with E-state index >= 15 is 0 Å². The third-order valence-electron chi connectivity index (χ3n) is 0.379. The van der Waals surface area contributed by atoms with Gasteiger partial charge in [-0.2, -0.15) is 0 Å². The molecule has 0 fully saturated rings. The predicted molar refractivity (Wildman–Crippen MR) is 24.2 cm³/mol. The summed E-state index contributed by atoms with van der Waals surface area (Å²) < 4.78 is 0. The van der Waals surface area contributed by atoms with Crippen LogP contribution in [-0.2, 0) is 0 Å². The van der Waals surface area contributed by atoms with Crippen molar-refractivity contribution in [2.75, 3.05) is 0 Å². The number of hydrogen-bond acceptors (Lipinski definition) is 2. The maximum absolute atomic E-state index is 2.88. The zero-order valence-corrected chi connectivity index (χ0v) is 3.46. The molecule has 1 aliphatic heterocycles. The lowest BCUT2D eigenvalue weighted by molar-refractivity contribution is 1.19. The van der Waals surface area contributed by atoms with Crippen molar-refractivity contribution in [3.05, 3.63) is 17.5 Å². The van der Waals surface area contributed by atoms with Gasteiger partial charge in [-0.1, -0.05) is 0 Å². The first kappa shape index (κ1) is 3.09. The molecule has 1 radical (unpaired) electrons. The van der Waals surface area contributed by atoms with E-state index in [0.29, 0.717) is 0 Å². The van der Waals surface area contributed by atoms with E-state index in [4.69, 9.17) is 0 Å². The first-order valence-corrected chi connectivity index (χ1v) is 2.32. The highest BCUT2D eigenvalue weighted by atomic mass is 32.2. The Morgan fingerprint density at radius 1 is 1.60 bits per heavy atom. The molecule has 1 N–H and O–H groups in total. The fraction of sp³-hybridized carbons (Fsp3) is 0. The maximum atomic E-state index is 2.88. The van der Waals surface area contributed by atoms with Gasteiger partial charge in [0.15, 0.2) is 0 Å². The normalized spacial score (nSPS) is 19.2. The Morgan fingerprint density at radius 2 is 2.60 bits per heavy atom. The molecular formula is C3H4NS. The van der Waals surface area contributed by atoms with E-state index in [0.717, 1.165) is 0 Å². The molecule has 0 unspecified atom stereocenters. The number of nitrogens with one attached hydrogen (secondary N) is 1. The second-order valence-electron chi connectivity index (χ2n) is 0.723. The monoisotopic (exact) mass is 86.0 g/mol. The zero-order chi connectivity index (χ0) is 3.54. The molecule has 0 spiro atoms. The second kappa shape index (κ2) is 1.36. The van der Waals surface area contributed by atoms with Gasteiger partial charge in [-0.3, -0.25) is 0 Å². The van der Waals surface area contributed by atoms with Gasteiger partial charge in [-0.05, 0) is 5.41 Å². The number of thioether (sulfide) groups is 1. The molecule has 1 aliphatic rings. The quantitative estimate of drug-likeness (QED) is 0.470. The van der Waals surface area contributed by atoms with Gasteiger partial charge >= 0.3 is 0 Å². The van der Waals surface area contributed by atoms with Crippen LogP contribution in [0.25, 0.3) is 0 Å². The fourth-order valence-corrected chi connectivity index (χ4v) is 0.589. The lowest BCUT2D eigenvalue weighted by atomic mass is 11.0. The predicted octanol–water partition coefficient (Wildman–Crippen LogP) is 0.913. The van der Waals surface area contributed by atoms with Crippen molar-refractivity contribution in [3.8, 4) is 0 Å². The van der Waals surface area contributed by atoms with Gasteiger partial charge < -0.3 is 5.32 Å². The maximum Gasteiger partial charge on any atom is 0.106 e. The molecular weight excluding hydrogens is 82.1 g/mol. The molecule has 0 atom stereocenters. The molecule has 0 amide bonds. The highest BCUT2D eigenvalue weighted by Gasteiger charge is 1.83. The number of hydrogen-bond donors (Lipinski definition) is 1. The van der Waals surface area contributed by atoms with Gasteiger partial charge in [0.2, 0.25) is 0 Å². The van der Waals surface area contributed by atoms with Crippen LogP contribution in [0.2, 0.25) is 0 Å². The van der Waals surface area contributed by atoms with Crippen LogP contribution < -0.4 is 5.32 Å². The smallest absolute Gasteiger partial charge is 0.106 e. The van der Waals surface area contributed by atoms with E-state index in [1.165, 1.54) is 0 Å². The summed E-state index contributed by atoms with van der Waals surface area (Å²) in [4.78, 5) is 0. The first-order chi connectivity index (χ1) is 2.50. The van der Waals surface area contributed by atoms with Crippen LogP contribution in [0.5, 0.6) is 0 Å². The molecule has 1 nitrogen and oxygen atoms in total. The van der Waals surface area contributed by atoms with Crippen molar-refractivity contribution in [2.24, 2.45) is 0 Å². The van der Waals surface area contributed by atoms with Crippen molar-refractivity contribution in [3.63, 3.8) is 0 Å². The summed E-state index contributed by atoms with van der Waals surface area (Å²) in [5, 5.41) is 4.87. The molecule has 2 heteroatoms. The lowest BCUT2D eigenvalue weighted by Gasteiger charge is -1.75. The average molecular weight is 86.1 g/mol. The van der Waals surface area contributed by atoms with Gasteiger partial charge in [0.1, 0.15) is 5.88 Å². The summed E-state index contributed by atoms with van der Waals surface area (Å²) in [7, 11) is 0. The van der Waals surface area contributed by atoms with E-state index in [9.17, 15) is 0 Å². The van der Waals surface area contributed by atoms with Gasteiger partial charge in [-0.25, -0.2) is 0 Å². The summed E-state index contributed by atoms with van der Waals surface area (Å²) in [6.07, 6.45) is 1.89. The highest BCUT2D eigenvalue weighted by Crippen LogP contribution is 2.07. The Bertz CT molecular complexity index is 44.9. The van der Waals surface area contributed by atoms with Crippen LogP contribution in [0.1, 0.15) is 0 Å². The Kier molecular flexibility index (Phi) is 0.841. The SMILES string of the molecule is [CH]1NC=CS1. The standard InChI is InChI=1S/C3H4NS/c1-2-5-3-4-1/h1-4H. The van der Waals surface area contributed by atoms with E-state index in [-0.39, 0.29) is 0 Å². The van der Waals surface area contributed by atoms with E-state index < -0.39 is 0 Å². The second-order valence-corrected chi connectivity index (χ2v) is 1.50. The van der Waals surface area contributed by atoms with E-state index in [1.54, 1.807) is 11.8 Å². The molecule has 1 heterocycles. The van der Waals surface area contributed by atoms with Crippen molar-refractivity contribution in [2.45, 2.75) is 0 Å². The average Bonchev–Trinajstić information content (AvgIpc) is 1.76. The minimum absolute atomic E-state index is 1.66. The number of rotatable bonds is 0. The largest absolute Gasteiger partial charge is 0.376 e. The van der Waals surface area contributed by atoms with Gasteiger partial charge in [0.25, 0.3) is 0 Å². The first-order valence-electron chi connectivity index (χ1n) is 1.38. The molecule has 0 aromatic carbocycles. The summed E-state index contributed by atoms with van der Waals surface area (Å²) in [6.45, 7) is 0. The Balaban J connectivity index is 2.32. The minimum atomic E-state index is 1.66. The van der Waals surface area contributed by atoms with E-state index in [2.05, 4.69) is 5.32 Å². The molecule has 5 heavy (non-hydrogen) atoms. The molecule has 0 saturated heterocycles. The topological polar surface area (TPSA) is 12.0 Å². The van der Waals surface area contributed by atoms with Gasteiger partial charge in [-0.15, -0.1) is 11.8 Å². The molecule has 1 rings (SSSR count). The third-order valence-corrected chi connectivity index (χ3v) is 0.944. The molecule has 0 aromatic heterocycles. The molecule has 27 valence electrons. The molecule has 0 bridgehead atoms. The third kappa shape index (κ3) is 0.581. The fourth-order valence-electron chi connectivity index (χ4n) is 0.196. The van der Waals surface area contributed by atoms with Crippen LogP contribution in [0.4, 0.5) is 0 Å². The van der Waals surface area contributed by atoms with Crippen molar-refractivity contribution in [1.29, 1.82) is 0 Å². The van der Waals surface area contributed by atoms with Crippen LogP contribution in [0, 0.1) is 5.88 Å². The van der Waals surface area contributed by atoms with Crippen LogP contribution in [0.3, 0.4) is 0 Å². The van der Waals surface area contributed by atoms with Crippen molar-refractivity contribution >= 4 is 11.8 Å². The summed E-state index contributed by atoms with van der Waals surface area (Å²) >= 11 is 1.66. The van der Waals surface area contributed by atoms with Crippen molar-refractivity contribution in [1.82, 2.24) is 5.32 Å². The molecule has 0 aromatic rings. The van der Waals surface area contributed by atoms with Crippen LogP contribution in [-0.4, -0.2) is 0 Å². The molecule has 0 aliphatic carbocycles. The zero-order valence-electron chi connectivity index (χ0n) is 2.64. The Morgan fingerprint density at radius 3 is 2.80 bits per heavy atom. The minimum Gasteiger partial charge on any atom is -0.376 e.